The van der Waals surface area contributed by atoms with Crippen molar-refractivity contribution in [3.05, 3.63) is 17.0 Å². The normalized spacial score (nSPS) is 18.5. The summed E-state index contributed by atoms with van der Waals surface area (Å²) in [5, 5.41) is 6.74. The Morgan fingerprint density at radius 2 is 1.68 bits per heavy atom. The summed E-state index contributed by atoms with van der Waals surface area (Å²) in [5.41, 5.74) is 1.23. The zero-order chi connectivity index (χ0) is 16.9. The molecule has 0 fully saturated rings. The van der Waals surface area contributed by atoms with Gasteiger partial charge in [0.25, 0.3) is 0 Å². The molecule has 0 amide bonds. The number of aromatic amines is 1. The molecule has 1 aliphatic rings. The van der Waals surface area contributed by atoms with Crippen LogP contribution in [0.1, 0.15) is 42.0 Å². The first-order chi connectivity index (χ1) is 9.89. The zero-order valence-corrected chi connectivity index (χ0v) is 14.6. The number of carbonyl (C=O) groups is 1. The van der Waals surface area contributed by atoms with E-state index < -0.39 is 36.0 Å². The van der Waals surface area contributed by atoms with Gasteiger partial charge < -0.3 is 0 Å². The monoisotopic (exact) mass is 348 g/mol. The van der Waals surface area contributed by atoms with Crippen molar-refractivity contribution < 1.29 is 21.6 Å². The fraction of sp³-hybridized carbons (Fsp3) is 0.692. The van der Waals surface area contributed by atoms with Crippen LogP contribution in [-0.2, 0) is 32.5 Å². The minimum Gasteiger partial charge on any atom is -0.294 e. The molecule has 0 saturated heterocycles. The molecule has 0 spiro atoms. The van der Waals surface area contributed by atoms with Crippen molar-refractivity contribution in [2.24, 2.45) is 5.92 Å². The molecule has 124 valence electrons. The summed E-state index contributed by atoms with van der Waals surface area (Å²) < 4.78 is 46.4. The number of hydrogen-bond donors (Lipinski definition) is 1. The highest BCUT2D eigenvalue weighted by Gasteiger charge is 2.55. The maximum atomic E-state index is 12.5. The van der Waals surface area contributed by atoms with Crippen LogP contribution >= 0.6 is 0 Å². The average molecular weight is 348 g/mol. The van der Waals surface area contributed by atoms with Crippen LogP contribution in [0, 0.1) is 5.92 Å². The molecule has 0 radical (unpaired) electrons. The first-order valence-electron chi connectivity index (χ1n) is 6.87. The number of ketones is 1. The zero-order valence-electron chi connectivity index (χ0n) is 13.0. The van der Waals surface area contributed by atoms with E-state index >= 15 is 0 Å². The second kappa shape index (κ2) is 5.16. The van der Waals surface area contributed by atoms with Crippen LogP contribution in [0.4, 0.5) is 0 Å². The van der Waals surface area contributed by atoms with Gasteiger partial charge in [-0.05, 0) is 12.3 Å². The van der Waals surface area contributed by atoms with Crippen molar-refractivity contribution in [2.45, 2.75) is 37.2 Å². The molecule has 9 heteroatoms. The van der Waals surface area contributed by atoms with Gasteiger partial charge in [0, 0.05) is 31.0 Å². The van der Waals surface area contributed by atoms with Gasteiger partial charge in [-0.2, -0.15) is 5.10 Å². The van der Waals surface area contributed by atoms with Gasteiger partial charge in [-0.15, -0.1) is 0 Å². The fourth-order valence-electron chi connectivity index (χ4n) is 2.88. The van der Waals surface area contributed by atoms with Gasteiger partial charge in [-0.1, -0.05) is 13.8 Å². The predicted octanol–water partition coefficient (Wildman–Crippen LogP) is 0.523. The number of nitrogens with one attached hydrogen (secondary N) is 1. The molecule has 0 unspecified atom stereocenters. The number of hydrogen-bond acceptors (Lipinski definition) is 6. The maximum Gasteiger partial charge on any atom is 0.185 e. The molecule has 22 heavy (non-hydrogen) atoms. The summed E-state index contributed by atoms with van der Waals surface area (Å²) in [6.07, 6.45) is 1.47. The molecule has 0 atom stereocenters. The summed E-state index contributed by atoms with van der Waals surface area (Å²) in [7, 11) is -7.98. The highest BCUT2D eigenvalue weighted by molar-refractivity contribution is 8.09. The molecule has 0 aromatic carbocycles. The van der Waals surface area contributed by atoms with E-state index in [0.29, 0.717) is 23.4 Å². The number of fused-ring (bicyclic) bond motifs is 1. The molecule has 0 bridgehead atoms. The first-order valence-corrected chi connectivity index (χ1v) is 10.7. The number of aromatic nitrogens is 2. The third kappa shape index (κ3) is 2.60. The molecule has 2 rings (SSSR count). The van der Waals surface area contributed by atoms with E-state index in [0.717, 1.165) is 12.5 Å². The van der Waals surface area contributed by atoms with Crippen LogP contribution in [-0.4, -0.2) is 49.4 Å². The Morgan fingerprint density at radius 3 is 2.14 bits per heavy atom. The number of H-pyrrole nitrogens is 1. The lowest BCUT2D eigenvalue weighted by atomic mass is 9.91. The topological polar surface area (TPSA) is 114 Å². The molecule has 1 aliphatic carbocycles. The fourth-order valence-corrected chi connectivity index (χ4v) is 6.68. The summed E-state index contributed by atoms with van der Waals surface area (Å²) in [6.45, 7) is 3.96. The van der Waals surface area contributed by atoms with Gasteiger partial charge in [-0.25, -0.2) is 16.8 Å². The van der Waals surface area contributed by atoms with E-state index in [1.807, 2.05) is 13.8 Å². The van der Waals surface area contributed by atoms with E-state index in [1.165, 1.54) is 0 Å². The highest BCUT2D eigenvalue weighted by Crippen LogP contribution is 2.38. The second-order valence-electron chi connectivity index (χ2n) is 6.35. The van der Waals surface area contributed by atoms with E-state index in [9.17, 15) is 21.6 Å². The van der Waals surface area contributed by atoms with Gasteiger partial charge in [0.2, 0.25) is 0 Å². The van der Waals surface area contributed by atoms with Crippen LogP contribution in [0.25, 0.3) is 0 Å². The van der Waals surface area contributed by atoms with Gasteiger partial charge in [-0.3, -0.25) is 9.89 Å². The highest BCUT2D eigenvalue weighted by atomic mass is 32.3. The van der Waals surface area contributed by atoms with Crippen molar-refractivity contribution in [3.8, 4) is 0 Å². The van der Waals surface area contributed by atoms with Crippen LogP contribution < -0.4 is 0 Å². The predicted molar refractivity (Wildman–Crippen MR) is 82.2 cm³/mol. The van der Waals surface area contributed by atoms with E-state index in [-0.39, 0.29) is 12.3 Å². The first kappa shape index (κ1) is 17.1. The van der Waals surface area contributed by atoms with Gasteiger partial charge in [0.1, 0.15) is 0 Å². The third-order valence-electron chi connectivity index (χ3n) is 4.02. The molecule has 0 aliphatic heterocycles. The molecule has 1 aromatic rings. The number of sulfone groups is 2. The average Bonchev–Trinajstić information content (AvgIpc) is 2.68. The Hall–Kier alpha value is -1.22. The van der Waals surface area contributed by atoms with Crippen molar-refractivity contribution in [1.29, 1.82) is 0 Å². The quantitative estimate of drug-likeness (QED) is 0.848. The number of nitrogens with zero attached hydrogens (tertiary/aromatic N) is 1. The van der Waals surface area contributed by atoms with Gasteiger partial charge >= 0.3 is 0 Å². The Labute approximate surface area is 130 Å². The Morgan fingerprint density at radius 1 is 1.14 bits per heavy atom. The molecule has 1 heterocycles. The minimum absolute atomic E-state index is 0.267. The lowest BCUT2D eigenvalue weighted by Gasteiger charge is -2.32. The van der Waals surface area contributed by atoms with Crippen LogP contribution in [0.5, 0.6) is 0 Å². The summed E-state index contributed by atoms with van der Waals surface area (Å²) >= 11 is 0. The molecular formula is C13H20N2O5S2. The number of rotatable bonds is 4. The van der Waals surface area contributed by atoms with Crippen LogP contribution in [0.3, 0.4) is 0 Å². The molecule has 7 nitrogen and oxygen atoms in total. The molecule has 1 N–H and O–H groups in total. The van der Waals surface area contributed by atoms with E-state index in [4.69, 9.17) is 0 Å². The Bertz CT molecular complexity index is 787. The van der Waals surface area contributed by atoms with Gasteiger partial charge in [0.05, 0.1) is 11.3 Å². The SMILES string of the molecule is CC(C)Cc1n[nH]c2c1C(=O)CC(S(C)(=O)=O)(S(C)(=O)=O)C2. The minimum atomic E-state index is -3.99. The number of Topliss-reactive ketones (excluding diaryl/α,β-unsaturated/α-hetero) is 1. The summed E-state index contributed by atoms with van der Waals surface area (Å²) in [6, 6.07) is 0. The molecule has 1 aromatic heterocycles. The van der Waals surface area contributed by atoms with E-state index in [2.05, 4.69) is 10.2 Å². The lowest BCUT2D eigenvalue weighted by molar-refractivity contribution is 0.0966. The molecular weight excluding hydrogens is 328 g/mol. The largest absolute Gasteiger partial charge is 0.294 e. The number of carbonyl (C=O) groups excluding carboxylic acids is 1. The Kier molecular flexibility index (Phi) is 4.02. The third-order valence-corrected chi connectivity index (χ3v) is 9.12. The standard InChI is InChI=1S/C13H20N2O5S2/c1-8(2)5-9-12-10(15-14-9)6-13(7-11(12)16,21(3,17)18)22(4,19)20/h8H,5-7H2,1-4H3,(H,14,15). The smallest absolute Gasteiger partial charge is 0.185 e. The van der Waals surface area contributed by atoms with Crippen molar-refractivity contribution in [3.63, 3.8) is 0 Å². The Balaban J connectivity index is 2.62. The maximum absolute atomic E-state index is 12.5. The van der Waals surface area contributed by atoms with Crippen molar-refractivity contribution >= 4 is 25.5 Å². The van der Waals surface area contributed by atoms with Crippen molar-refractivity contribution in [1.82, 2.24) is 10.2 Å². The van der Waals surface area contributed by atoms with Crippen LogP contribution in [0.15, 0.2) is 0 Å². The summed E-state index contributed by atoms with van der Waals surface area (Å²) in [5.74, 6) is -0.210. The van der Waals surface area contributed by atoms with E-state index in [1.54, 1.807) is 0 Å². The second-order valence-corrected chi connectivity index (χ2v) is 11.3. The van der Waals surface area contributed by atoms with Crippen LogP contribution in [0.2, 0.25) is 0 Å². The lowest BCUT2D eigenvalue weighted by Crippen LogP contribution is -2.51. The van der Waals surface area contributed by atoms with Gasteiger partial charge in [0.15, 0.2) is 29.5 Å². The molecule has 0 saturated carbocycles. The summed E-state index contributed by atoms with van der Waals surface area (Å²) in [4.78, 5) is 12.5. The van der Waals surface area contributed by atoms with Crippen molar-refractivity contribution in [2.75, 3.05) is 12.5 Å².